The highest BCUT2D eigenvalue weighted by Gasteiger charge is 2.29. The molecule has 4 atom stereocenters. The molecule has 16 heavy (non-hydrogen) atoms. The molecule has 0 radical (unpaired) electrons. The second-order valence-corrected chi connectivity index (χ2v) is 5.57. The third-order valence-electron chi connectivity index (χ3n) is 4.37. The standard InChI is InChI=1S/C14H26O2/c1-4-12-7-5-6-8-13(12)10(2)9-11(3)14(15)16/h10-13H,4-9H2,1-3H3,(H,15,16)/t10?,11?,12-,13?/m0/s1. The molecule has 1 N–H and O–H groups in total. The van der Waals surface area contributed by atoms with Crippen molar-refractivity contribution >= 4 is 5.97 Å². The lowest BCUT2D eigenvalue weighted by atomic mass is 9.70. The molecule has 0 amide bonds. The van der Waals surface area contributed by atoms with Gasteiger partial charge in [0.1, 0.15) is 0 Å². The van der Waals surface area contributed by atoms with E-state index >= 15 is 0 Å². The van der Waals surface area contributed by atoms with Gasteiger partial charge in [-0.25, -0.2) is 0 Å². The number of hydrogen-bond acceptors (Lipinski definition) is 1. The van der Waals surface area contributed by atoms with Crippen LogP contribution >= 0.6 is 0 Å². The zero-order chi connectivity index (χ0) is 12.1. The third-order valence-corrected chi connectivity index (χ3v) is 4.37. The van der Waals surface area contributed by atoms with Gasteiger partial charge in [-0.2, -0.15) is 0 Å². The predicted molar refractivity (Wildman–Crippen MR) is 66.3 cm³/mol. The van der Waals surface area contributed by atoms with Crippen LogP contribution in [-0.4, -0.2) is 11.1 Å². The van der Waals surface area contributed by atoms with Crippen molar-refractivity contribution in [2.75, 3.05) is 0 Å². The number of carboxylic acid groups (broad SMARTS) is 1. The molecule has 1 aliphatic rings. The van der Waals surface area contributed by atoms with E-state index in [0.717, 1.165) is 18.3 Å². The zero-order valence-corrected chi connectivity index (χ0v) is 10.9. The quantitative estimate of drug-likeness (QED) is 0.770. The van der Waals surface area contributed by atoms with E-state index in [1.165, 1.54) is 32.1 Å². The lowest BCUT2D eigenvalue weighted by Gasteiger charge is -2.36. The van der Waals surface area contributed by atoms with Crippen molar-refractivity contribution in [2.24, 2.45) is 23.7 Å². The molecule has 0 aromatic carbocycles. The molecule has 3 unspecified atom stereocenters. The second kappa shape index (κ2) is 6.27. The van der Waals surface area contributed by atoms with E-state index in [1.54, 1.807) is 0 Å². The van der Waals surface area contributed by atoms with Gasteiger partial charge in [0, 0.05) is 0 Å². The summed E-state index contributed by atoms with van der Waals surface area (Å²) in [6.07, 6.45) is 7.48. The molecule has 0 aromatic heterocycles. The molecule has 1 rings (SSSR count). The number of rotatable bonds is 5. The van der Waals surface area contributed by atoms with E-state index in [4.69, 9.17) is 5.11 Å². The minimum atomic E-state index is -0.643. The summed E-state index contributed by atoms with van der Waals surface area (Å²) in [4.78, 5) is 10.9. The molecule has 1 aliphatic carbocycles. The molecule has 1 saturated carbocycles. The molecule has 0 bridgehead atoms. The maximum atomic E-state index is 10.9. The van der Waals surface area contributed by atoms with Crippen molar-refractivity contribution in [3.63, 3.8) is 0 Å². The molecule has 1 fully saturated rings. The van der Waals surface area contributed by atoms with E-state index in [0.29, 0.717) is 5.92 Å². The summed E-state index contributed by atoms with van der Waals surface area (Å²) in [5.41, 5.74) is 0. The SMILES string of the molecule is CC[C@H]1CCCCC1C(C)CC(C)C(=O)O. The minimum absolute atomic E-state index is 0.186. The van der Waals surface area contributed by atoms with Gasteiger partial charge in [-0.3, -0.25) is 4.79 Å². The monoisotopic (exact) mass is 226 g/mol. The molecule has 0 aromatic rings. The Hall–Kier alpha value is -0.530. The Bertz CT molecular complexity index is 225. The van der Waals surface area contributed by atoms with Gasteiger partial charge in [0.15, 0.2) is 0 Å². The van der Waals surface area contributed by atoms with Crippen LogP contribution in [0.15, 0.2) is 0 Å². The van der Waals surface area contributed by atoms with E-state index in [-0.39, 0.29) is 5.92 Å². The average Bonchev–Trinajstić information content (AvgIpc) is 2.28. The predicted octanol–water partition coefficient (Wildman–Crippen LogP) is 3.95. The van der Waals surface area contributed by atoms with Gasteiger partial charge in [0.2, 0.25) is 0 Å². The second-order valence-electron chi connectivity index (χ2n) is 5.57. The smallest absolute Gasteiger partial charge is 0.306 e. The van der Waals surface area contributed by atoms with Gasteiger partial charge in [-0.15, -0.1) is 0 Å². The topological polar surface area (TPSA) is 37.3 Å². The van der Waals surface area contributed by atoms with E-state index in [9.17, 15) is 4.79 Å². The van der Waals surface area contributed by atoms with Crippen molar-refractivity contribution in [1.82, 2.24) is 0 Å². The third kappa shape index (κ3) is 3.50. The fourth-order valence-corrected chi connectivity index (χ4v) is 3.33. The Morgan fingerprint density at radius 1 is 1.31 bits per heavy atom. The van der Waals surface area contributed by atoms with Crippen molar-refractivity contribution in [3.8, 4) is 0 Å². The summed E-state index contributed by atoms with van der Waals surface area (Å²) >= 11 is 0. The number of aliphatic carboxylic acids is 1. The Kier molecular flexibility index (Phi) is 5.30. The Labute approximate surface area is 99.4 Å². The van der Waals surface area contributed by atoms with Gasteiger partial charge >= 0.3 is 5.97 Å². The minimum Gasteiger partial charge on any atom is -0.481 e. The van der Waals surface area contributed by atoms with Crippen LogP contribution in [0.1, 0.15) is 59.3 Å². The number of carboxylic acids is 1. The number of carbonyl (C=O) groups is 1. The van der Waals surface area contributed by atoms with Crippen molar-refractivity contribution in [2.45, 2.75) is 59.3 Å². The fourth-order valence-electron chi connectivity index (χ4n) is 3.33. The van der Waals surface area contributed by atoms with Gasteiger partial charge in [0.25, 0.3) is 0 Å². The summed E-state index contributed by atoms with van der Waals surface area (Å²) < 4.78 is 0. The van der Waals surface area contributed by atoms with E-state index in [1.807, 2.05) is 6.92 Å². The van der Waals surface area contributed by atoms with Crippen molar-refractivity contribution in [1.29, 1.82) is 0 Å². The Balaban J connectivity index is 2.50. The van der Waals surface area contributed by atoms with Crippen LogP contribution in [-0.2, 0) is 4.79 Å². The molecule has 2 nitrogen and oxygen atoms in total. The highest BCUT2D eigenvalue weighted by atomic mass is 16.4. The maximum Gasteiger partial charge on any atom is 0.306 e. The molecule has 0 heterocycles. The van der Waals surface area contributed by atoms with Gasteiger partial charge in [-0.05, 0) is 30.6 Å². The summed E-state index contributed by atoms with van der Waals surface area (Å²) in [6.45, 7) is 6.36. The molecule has 2 heteroatoms. The summed E-state index contributed by atoms with van der Waals surface area (Å²) in [7, 11) is 0. The summed E-state index contributed by atoms with van der Waals surface area (Å²) in [6, 6.07) is 0. The number of hydrogen-bond donors (Lipinski definition) is 1. The first kappa shape index (κ1) is 13.5. The fraction of sp³-hybridized carbons (Fsp3) is 0.929. The van der Waals surface area contributed by atoms with Crippen LogP contribution in [0.3, 0.4) is 0 Å². The first-order valence-corrected chi connectivity index (χ1v) is 6.79. The Morgan fingerprint density at radius 2 is 1.94 bits per heavy atom. The van der Waals surface area contributed by atoms with Gasteiger partial charge < -0.3 is 5.11 Å². The van der Waals surface area contributed by atoms with Crippen LogP contribution < -0.4 is 0 Å². The van der Waals surface area contributed by atoms with Gasteiger partial charge in [0.05, 0.1) is 5.92 Å². The van der Waals surface area contributed by atoms with Crippen LogP contribution in [0, 0.1) is 23.7 Å². The van der Waals surface area contributed by atoms with Crippen LogP contribution in [0.5, 0.6) is 0 Å². The summed E-state index contributed by atoms with van der Waals surface area (Å²) in [5, 5.41) is 8.95. The molecule has 0 aliphatic heterocycles. The van der Waals surface area contributed by atoms with Crippen molar-refractivity contribution < 1.29 is 9.90 Å². The van der Waals surface area contributed by atoms with Crippen LogP contribution in [0.4, 0.5) is 0 Å². The largest absolute Gasteiger partial charge is 0.481 e. The first-order valence-electron chi connectivity index (χ1n) is 6.79. The average molecular weight is 226 g/mol. The zero-order valence-electron chi connectivity index (χ0n) is 10.9. The molecule has 94 valence electrons. The molecule has 0 saturated heterocycles. The molecular formula is C14H26O2. The van der Waals surface area contributed by atoms with E-state index < -0.39 is 5.97 Å². The van der Waals surface area contributed by atoms with Crippen LogP contribution in [0.2, 0.25) is 0 Å². The highest BCUT2D eigenvalue weighted by Crippen LogP contribution is 2.39. The van der Waals surface area contributed by atoms with E-state index in [2.05, 4.69) is 13.8 Å². The normalized spacial score (nSPS) is 29.7. The van der Waals surface area contributed by atoms with Gasteiger partial charge in [-0.1, -0.05) is 46.5 Å². The highest BCUT2D eigenvalue weighted by molar-refractivity contribution is 5.69. The molecule has 0 spiro atoms. The maximum absolute atomic E-state index is 10.9. The van der Waals surface area contributed by atoms with Crippen LogP contribution in [0.25, 0.3) is 0 Å². The lowest BCUT2D eigenvalue weighted by Crippen LogP contribution is -2.27. The lowest BCUT2D eigenvalue weighted by molar-refractivity contribution is -0.141. The molecular weight excluding hydrogens is 200 g/mol. The first-order chi connectivity index (χ1) is 7.56. The van der Waals surface area contributed by atoms with Crippen molar-refractivity contribution in [3.05, 3.63) is 0 Å². The summed E-state index contributed by atoms with van der Waals surface area (Å²) in [5.74, 6) is 1.34. The Morgan fingerprint density at radius 3 is 2.50 bits per heavy atom.